The number of carbonyl (C=O) groups is 1. The van der Waals surface area contributed by atoms with Crippen LogP contribution in [0.5, 0.6) is 0 Å². The van der Waals surface area contributed by atoms with Crippen LogP contribution >= 0.6 is 0 Å². The third-order valence-corrected chi connectivity index (χ3v) is 11.6. The number of hydrogen-bond donors (Lipinski definition) is 3. The number of hydrogen-bond acceptors (Lipinski definition) is 6. The Morgan fingerprint density at radius 1 is 1.06 bits per heavy atom. The van der Waals surface area contributed by atoms with Crippen molar-refractivity contribution in [2.75, 3.05) is 12.3 Å². The van der Waals surface area contributed by atoms with Gasteiger partial charge in [0.25, 0.3) is 0 Å². The number of aliphatic hydroxyl groups excluding tert-OH is 2. The summed E-state index contributed by atoms with van der Waals surface area (Å²) in [6.07, 6.45) is 8.78. The molecule has 4 fully saturated rings. The van der Waals surface area contributed by atoms with Gasteiger partial charge >= 0.3 is 29.6 Å². The zero-order valence-electron chi connectivity index (χ0n) is 22.0. The normalized spacial score (nSPS) is 43.8. The fourth-order valence-corrected chi connectivity index (χ4v) is 9.49. The first-order chi connectivity index (χ1) is 15.8. The molecule has 0 aromatic rings. The molecule has 4 aliphatic carbocycles. The third-order valence-electron chi connectivity index (χ3n) is 10.9. The van der Waals surface area contributed by atoms with E-state index in [0.29, 0.717) is 41.9 Å². The van der Waals surface area contributed by atoms with Crippen molar-refractivity contribution in [1.29, 1.82) is 0 Å². The van der Waals surface area contributed by atoms with Gasteiger partial charge in [0.2, 0.25) is 5.91 Å². The minimum atomic E-state index is -4.31. The Morgan fingerprint density at radius 2 is 1.71 bits per heavy atom. The minimum absolute atomic E-state index is 0. The number of rotatable bonds is 7. The van der Waals surface area contributed by atoms with Gasteiger partial charge in [0.1, 0.15) is 0 Å². The van der Waals surface area contributed by atoms with Crippen molar-refractivity contribution in [3.8, 4) is 0 Å². The van der Waals surface area contributed by atoms with Gasteiger partial charge in [0.05, 0.1) is 28.1 Å². The first-order valence-corrected chi connectivity index (χ1v) is 15.0. The summed E-state index contributed by atoms with van der Waals surface area (Å²) in [6.45, 7) is 6.96. The maximum Gasteiger partial charge on any atom is 1.00 e. The van der Waals surface area contributed by atoms with E-state index in [4.69, 9.17) is 0 Å². The van der Waals surface area contributed by atoms with E-state index in [1.54, 1.807) is 0 Å². The molecule has 4 aliphatic rings. The van der Waals surface area contributed by atoms with Crippen LogP contribution in [-0.4, -0.2) is 53.6 Å². The second-order valence-corrected chi connectivity index (χ2v) is 14.1. The Labute approximate surface area is 233 Å². The van der Waals surface area contributed by atoms with Gasteiger partial charge in [-0.2, -0.15) is 0 Å². The van der Waals surface area contributed by atoms with Gasteiger partial charge in [-0.3, -0.25) is 4.79 Å². The summed E-state index contributed by atoms with van der Waals surface area (Å²) in [6, 6.07) is 0. The van der Waals surface area contributed by atoms with Gasteiger partial charge in [-0.05, 0) is 104 Å². The number of fused-ring (bicyclic) bond motifs is 5. The number of carbonyl (C=O) groups excluding carboxylic acids is 1. The molecular weight excluding hydrogens is 477 g/mol. The van der Waals surface area contributed by atoms with Crippen molar-refractivity contribution < 1.29 is 57.5 Å². The Balaban J connectivity index is 0.00000342. The van der Waals surface area contributed by atoms with Crippen LogP contribution in [0.4, 0.5) is 0 Å². The van der Waals surface area contributed by atoms with Gasteiger partial charge < -0.3 is 20.1 Å². The zero-order chi connectivity index (χ0) is 24.9. The smallest absolute Gasteiger partial charge is 0.748 e. The molecule has 0 bridgehead atoms. The summed E-state index contributed by atoms with van der Waals surface area (Å²) >= 11 is 0. The van der Waals surface area contributed by atoms with E-state index in [-0.39, 0.29) is 65.0 Å². The first kappa shape index (κ1) is 29.9. The summed E-state index contributed by atoms with van der Waals surface area (Å²) in [5.41, 5.74) is 0.399. The van der Waals surface area contributed by atoms with Gasteiger partial charge in [-0.1, -0.05) is 20.8 Å². The number of aliphatic hydroxyl groups is 2. The molecule has 4 saturated carbocycles. The molecule has 0 radical (unpaired) electrons. The van der Waals surface area contributed by atoms with Gasteiger partial charge in [-0.25, -0.2) is 8.42 Å². The van der Waals surface area contributed by atoms with Crippen LogP contribution in [0.25, 0.3) is 0 Å². The van der Waals surface area contributed by atoms with Crippen molar-refractivity contribution in [2.45, 2.75) is 97.2 Å². The predicted molar refractivity (Wildman–Crippen MR) is 129 cm³/mol. The van der Waals surface area contributed by atoms with Crippen molar-refractivity contribution >= 4 is 16.0 Å². The van der Waals surface area contributed by atoms with Gasteiger partial charge in [0, 0.05) is 13.0 Å². The van der Waals surface area contributed by atoms with E-state index in [0.717, 1.165) is 51.4 Å². The SMILES string of the molecule is C[C@H](CCC(=O)NCCS(=O)(=O)[O-])C1CCC2C3C(CC[C@@]21C)[C@@]1(C)CC[C@@H](O)CC1C[C@H]3O.[Na+]. The molecule has 0 saturated heterocycles. The number of amides is 1. The second-order valence-electron chi connectivity index (χ2n) is 12.6. The average Bonchev–Trinajstić information content (AvgIpc) is 3.09. The molecule has 0 heterocycles. The second kappa shape index (κ2) is 11.2. The van der Waals surface area contributed by atoms with Crippen LogP contribution in [0.15, 0.2) is 0 Å². The molecule has 0 aromatic carbocycles. The molecule has 0 spiro atoms. The molecule has 7 nitrogen and oxygen atoms in total. The third kappa shape index (κ3) is 5.99. The summed E-state index contributed by atoms with van der Waals surface area (Å²) in [7, 11) is -4.31. The quantitative estimate of drug-likeness (QED) is 0.321. The van der Waals surface area contributed by atoms with Crippen LogP contribution in [0.1, 0.15) is 85.0 Å². The van der Waals surface area contributed by atoms with E-state index in [1.807, 2.05) is 0 Å². The number of nitrogens with one attached hydrogen (secondary N) is 1. The Bertz CT molecular complexity index is 870. The Hall–Kier alpha value is 0.300. The monoisotopic (exact) mass is 521 g/mol. The standard InChI is InChI=1S/C26H45NO6S.Na/c1-16(4-7-23(30)27-12-13-34(31,32)33)19-5-6-20-24-21(9-11-26(19,20)3)25(2)10-8-18(28)14-17(25)15-22(24)29;/h16-22,24,28-29H,4-15H2,1-3H3,(H,27,30)(H,31,32,33);/q;+1/p-1/t16-,17?,18-,19?,20?,21?,22-,24?,25+,26-;/m1./s1. The average molecular weight is 522 g/mol. The van der Waals surface area contributed by atoms with Crippen LogP contribution in [0.3, 0.4) is 0 Å². The van der Waals surface area contributed by atoms with Crippen molar-refractivity contribution in [1.82, 2.24) is 5.32 Å². The van der Waals surface area contributed by atoms with E-state index in [1.165, 1.54) is 6.42 Å². The van der Waals surface area contributed by atoms with Crippen molar-refractivity contribution in [3.05, 3.63) is 0 Å². The molecule has 5 unspecified atom stereocenters. The molecule has 1 amide bonds. The largest absolute Gasteiger partial charge is 1.00 e. The van der Waals surface area contributed by atoms with Gasteiger partial charge in [0.15, 0.2) is 0 Å². The van der Waals surface area contributed by atoms with E-state index < -0.39 is 15.9 Å². The minimum Gasteiger partial charge on any atom is -0.748 e. The maximum absolute atomic E-state index is 12.2. The summed E-state index contributed by atoms with van der Waals surface area (Å²) in [5, 5.41) is 24.2. The topological polar surface area (TPSA) is 127 Å². The Morgan fingerprint density at radius 3 is 2.40 bits per heavy atom. The van der Waals surface area contributed by atoms with Crippen LogP contribution < -0.4 is 34.9 Å². The summed E-state index contributed by atoms with van der Waals surface area (Å²) in [4.78, 5) is 12.2. The molecule has 10 atom stereocenters. The van der Waals surface area contributed by atoms with Crippen molar-refractivity contribution in [3.63, 3.8) is 0 Å². The molecule has 0 aromatic heterocycles. The molecule has 4 rings (SSSR count). The molecule has 196 valence electrons. The molecule has 35 heavy (non-hydrogen) atoms. The van der Waals surface area contributed by atoms with E-state index >= 15 is 0 Å². The van der Waals surface area contributed by atoms with Crippen LogP contribution in [0, 0.1) is 46.3 Å². The Kier molecular flexibility index (Phi) is 9.54. The summed E-state index contributed by atoms with van der Waals surface area (Å²) < 4.78 is 32.2. The van der Waals surface area contributed by atoms with E-state index in [9.17, 15) is 28.0 Å². The maximum atomic E-state index is 12.2. The van der Waals surface area contributed by atoms with Crippen molar-refractivity contribution in [2.24, 2.45) is 46.3 Å². The zero-order valence-corrected chi connectivity index (χ0v) is 24.9. The molecular formula is C26H44NNaO6S. The molecule has 0 aliphatic heterocycles. The van der Waals surface area contributed by atoms with E-state index in [2.05, 4.69) is 26.1 Å². The van der Waals surface area contributed by atoms with Gasteiger partial charge in [-0.15, -0.1) is 0 Å². The molecule has 9 heteroatoms. The fraction of sp³-hybridized carbons (Fsp3) is 0.962. The van der Waals surface area contributed by atoms with Crippen LogP contribution in [0.2, 0.25) is 0 Å². The van der Waals surface area contributed by atoms with Crippen LogP contribution in [-0.2, 0) is 14.9 Å². The summed E-state index contributed by atoms with van der Waals surface area (Å²) in [5.74, 6) is 1.92. The predicted octanol–water partition coefficient (Wildman–Crippen LogP) is 0.0587. The molecule has 3 N–H and O–H groups in total. The first-order valence-electron chi connectivity index (χ1n) is 13.4. The fourth-order valence-electron chi connectivity index (χ4n) is 9.14.